The van der Waals surface area contributed by atoms with Crippen LogP contribution in [-0.2, 0) is 0 Å². The Hall–Kier alpha value is -2.21. The first-order valence-corrected chi connectivity index (χ1v) is 7.69. The lowest BCUT2D eigenvalue weighted by atomic mass is 10.0. The van der Waals surface area contributed by atoms with Gasteiger partial charge in [-0.25, -0.2) is 9.97 Å². The summed E-state index contributed by atoms with van der Waals surface area (Å²) in [5.41, 5.74) is 6.04. The Morgan fingerprint density at radius 3 is 2.55 bits per heavy atom. The van der Waals surface area contributed by atoms with Crippen LogP contribution >= 0.6 is 15.9 Å². The number of aromatic nitrogens is 2. The summed E-state index contributed by atoms with van der Waals surface area (Å²) in [5, 5.41) is 4.43. The Bertz CT molecular complexity index is 722. The molecule has 0 bridgehead atoms. The summed E-state index contributed by atoms with van der Waals surface area (Å²) >= 11 is 3.49. The molecule has 1 unspecified atom stereocenters. The van der Waals surface area contributed by atoms with E-state index in [-0.39, 0.29) is 6.04 Å². The van der Waals surface area contributed by atoms with Gasteiger partial charge >= 0.3 is 0 Å². The average Bonchev–Trinajstić information content (AvgIpc) is 2.55. The third kappa shape index (κ3) is 3.17. The number of anilines is 1. The van der Waals surface area contributed by atoms with Crippen LogP contribution in [0.25, 0.3) is 0 Å². The predicted octanol–water partition coefficient (Wildman–Crippen LogP) is 2.91. The van der Waals surface area contributed by atoms with Crippen LogP contribution in [0.1, 0.15) is 17.2 Å². The van der Waals surface area contributed by atoms with Crippen molar-refractivity contribution in [2.24, 2.45) is 5.10 Å². The molecule has 2 heterocycles. The van der Waals surface area contributed by atoms with E-state index in [9.17, 15) is 0 Å². The molecule has 112 valence electrons. The van der Waals surface area contributed by atoms with E-state index in [4.69, 9.17) is 0 Å². The molecule has 6 heteroatoms. The smallest absolute Gasteiger partial charge is 0.224 e. The highest BCUT2D eigenvalue weighted by atomic mass is 79.9. The summed E-state index contributed by atoms with van der Waals surface area (Å²) < 4.78 is 1.06. The molecule has 1 aromatic heterocycles. The van der Waals surface area contributed by atoms with E-state index in [0.29, 0.717) is 5.95 Å². The zero-order valence-corrected chi connectivity index (χ0v) is 13.9. The molecule has 3 rings (SSSR count). The van der Waals surface area contributed by atoms with Gasteiger partial charge in [0.15, 0.2) is 0 Å². The minimum atomic E-state index is 0.0724. The van der Waals surface area contributed by atoms with Gasteiger partial charge in [0.25, 0.3) is 0 Å². The minimum Gasteiger partial charge on any atom is -0.347 e. The summed E-state index contributed by atoms with van der Waals surface area (Å²) in [6.07, 6.45) is 7.65. The second-order valence-corrected chi connectivity index (χ2v) is 6.10. The Labute approximate surface area is 137 Å². The Morgan fingerprint density at radius 2 is 1.95 bits per heavy atom. The highest BCUT2D eigenvalue weighted by Crippen LogP contribution is 2.21. The van der Waals surface area contributed by atoms with E-state index >= 15 is 0 Å². The number of hydrazone groups is 1. The van der Waals surface area contributed by atoms with Gasteiger partial charge in [-0.05, 0) is 23.8 Å². The molecule has 0 fully saturated rings. The summed E-state index contributed by atoms with van der Waals surface area (Å²) in [6, 6.07) is 8.25. The largest absolute Gasteiger partial charge is 0.347 e. The minimum absolute atomic E-state index is 0.0724. The van der Waals surface area contributed by atoms with Crippen molar-refractivity contribution in [1.29, 1.82) is 0 Å². The number of nitrogens with zero attached hydrogens (tertiary/aromatic N) is 4. The molecule has 0 amide bonds. The van der Waals surface area contributed by atoms with E-state index in [2.05, 4.69) is 54.6 Å². The highest BCUT2D eigenvalue weighted by molar-refractivity contribution is 9.10. The average molecular weight is 358 g/mol. The van der Waals surface area contributed by atoms with Crippen molar-refractivity contribution < 1.29 is 0 Å². The molecule has 0 spiro atoms. The van der Waals surface area contributed by atoms with Gasteiger partial charge in [0.1, 0.15) is 0 Å². The van der Waals surface area contributed by atoms with E-state index in [0.717, 1.165) is 21.3 Å². The molecular weight excluding hydrogens is 342 g/mol. The van der Waals surface area contributed by atoms with E-state index in [1.807, 2.05) is 37.2 Å². The topological polar surface area (TPSA) is 53.4 Å². The van der Waals surface area contributed by atoms with Gasteiger partial charge in [0.2, 0.25) is 5.95 Å². The molecule has 0 aliphatic carbocycles. The Balaban J connectivity index is 1.75. The van der Waals surface area contributed by atoms with Gasteiger partial charge in [-0.3, -0.25) is 5.43 Å². The summed E-state index contributed by atoms with van der Waals surface area (Å²) in [5.74, 6) is 0.684. The summed E-state index contributed by atoms with van der Waals surface area (Å²) in [6.45, 7) is 0. The normalized spacial score (nSPS) is 16.9. The van der Waals surface area contributed by atoms with Crippen LogP contribution in [-0.4, -0.2) is 29.8 Å². The third-order valence-corrected chi connectivity index (χ3v) is 3.81. The zero-order chi connectivity index (χ0) is 15.5. The zero-order valence-electron chi connectivity index (χ0n) is 12.4. The molecular formula is C16H16BrN5. The molecule has 1 aromatic carbocycles. The van der Waals surface area contributed by atoms with Crippen molar-refractivity contribution >= 4 is 27.6 Å². The predicted molar refractivity (Wildman–Crippen MR) is 92.1 cm³/mol. The van der Waals surface area contributed by atoms with Gasteiger partial charge in [-0.1, -0.05) is 34.1 Å². The first kappa shape index (κ1) is 14.7. The van der Waals surface area contributed by atoms with Crippen LogP contribution in [0.4, 0.5) is 5.95 Å². The van der Waals surface area contributed by atoms with Gasteiger partial charge in [0, 0.05) is 36.5 Å². The number of hydrogen-bond donors (Lipinski definition) is 1. The van der Waals surface area contributed by atoms with Crippen LogP contribution in [0.2, 0.25) is 0 Å². The first-order valence-electron chi connectivity index (χ1n) is 6.90. The second kappa shape index (κ2) is 6.27. The van der Waals surface area contributed by atoms with E-state index < -0.39 is 0 Å². The lowest BCUT2D eigenvalue weighted by Gasteiger charge is -2.18. The number of halogens is 1. The van der Waals surface area contributed by atoms with Crippen LogP contribution in [0.5, 0.6) is 0 Å². The Morgan fingerprint density at radius 1 is 1.18 bits per heavy atom. The van der Waals surface area contributed by atoms with Crippen molar-refractivity contribution in [2.45, 2.75) is 6.04 Å². The molecule has 1 atom stereocenters. The molecule has 5 nitrogen and oxygen atoms in total. The molecule has 1 aliphatic rings. The van der Waals surface area contributed by atoms with Gasteiger partial charge in [0.05, 0.1) is 11.8 Å². The van der Waals surface area contributed by atoms with Crippen molar-refractivity contribution in [3.63, 3.8) is 0 Å². The standard InChI is InChI=1S/C16H16BrN5/c1-22(2)16-18-9-12(10-19-16)15-7-6-14(20-21-15)11-4-3-5-13(17)8-11/h3-10,14,20H,1-2H3. The van der Waals surface area contributed by atoms with Gasteiger partial charge in [-0.2, -0.15) is 5.10 Å². The number of nitrogens with one attached hydrogen (secondary N) is 1. The van der Waals surface area contributed by atoms with E-state index in [1.165, 1.54) is 0 Å². The van der Waals surface area contributed by atoms with Crippen molar-refractivity contribution in [1.82, 2.24) is 15.4 Å². The fourth-order valence-electron chi connectivity index (χ4n) is 2.14. The molecule has 0 radical (unpaired) electrons. The lowest BCUT2D eigenvalue weighted by Crippen LogP contribution is -2.21. The fraction of sp³-hybridized carbons (Fsp3) is 0.188. The van der Waals surface area contributed by atoms with Crippen LogP contribution in [0.15, 0.2) is 58.4 Å². The van der Waals surface area contributed by atoms with Crippen molar-refractivity contribution in [2.75, 3.05) is 19.0 Å². The van der Waals surface area contributed by atoms with Crippen LogP contribution in [0, 0.1) is 0 Å². The molecule has 1 aliphatic heterocycles. The number of hydrogen-bond acceptors (Lipinski definition) is 5. The number of benzene rings is 1. The highest BCUT2D eigenvalue weighted by Gasteiger charge is 2.13. The number of allylic oxidation sites excluding steroid dienone is 1. The molecule has 0 saturated carbocycles. The van der Waals surface area contributed by atoms with Crippen molar-refractivity contribution in [3.05, 3.63) is 64.4 Å². The quantitative estimate of drug-likeness (QED) is 0.917. The van der Waals surface area contributed by atoms with Crippen LogP contribution in [0.3, 0.4) is 0 Å². The van der Waals surface area contributed by atoms with E-state index in [1.54, 1.807) is 12.4 Å². The molecule has 0 saturated heterocycles. The molecule has 22 heavy (non-hydrogen) atoms. The second-order valence-electron chi connectivity index (χ2n) is 5.18. The summed E-state index contributed by atoms with van der Waals surface area (Å²) in [4.78, 5) is 10.5. The maximum atomic E-state index is 4.43. The third-order valence-electron chi connectivity index (χ3n) is 3.31. The van der Waals surface area contributed by atoms with Crippen molar-refractivity contribution in [3.8, 4) is 0 Å². The maximum absolute atomic E-state index is 4.43. The van der Waals surface area contributed by atoms with Gasteiger partial charge < -0.3 is 4.90 Å². The monoisotopic (exact) mass is 357 g/mol. The van der Waals surface area contributed by atoms with Crippen LogP contribution < -0.4 is 10.3 Å². The first-order chi connectivity index (χ1) is 10.6. The number of rotatable bonds is 3. The molecule has 2 aromatic rings. The maximum Gasteiger partial charge on any atom is 0.224 e. The summed E-state index contributed by atoms with van der Waals surface area (Å²) in [7, 11) is 3.83. The fourth-order valence-corrected chi connectivity index (χ4v) is 2.55. The lowest BCUT2D eigenvalue weighted by molar-refractivity contribution is 0.651. The molecule has 1 N–H and O–H groups in total. The SMILES string of the molecule is CN(C)c1ncc(C2=NNC(c3cccc(Br)c3)C=C2)cn1. The van der Waals surface area contributed by atoms with Gasteiger partial charge in [-0.15, -0.1) is 0 Å². The Kier molecular flexibility index (Phi) is 4.20.